The predicted octanol–water partition coefficient (Wildman–Crippen LogP) is 0.316. The molecule has 1 heterocycles. The molecule has 1 aliphatic carbocycles. The Bertz CT molecular complexity index is 349. The lowest BCUT2D eigenvalue weighted by atomic mass is 10.2. The summed E-state index contributed by atoms with van der Waals surface area (Å²) in [5, 5.41) is 6.40. The van der Waals surface area contributed by atoms with Gasteiger partial charge in [-0.05, 0) is 19.3 Å². The molecule has 0 spiro atoms. The van der Waals surface area contributed by atoms with Gasteiger partial charge in [-0.3, -0.25) is 4.57 Å². The zero-order valence-corrected chi connectivity index (χ0v) is 7.66. The highest BCUT2D eigenvalue weighted by Crippen LogP contribution is 2.35. The van der Waals surface area contributed by atoms with Crippen LogP contribution in [0.5, 0.6) is 0 Å². The van der Waals surface area contributed by atoms with Crippen molar-refractivity contribution in [1.29, 1.82) is 0 Å². The molecule has 0 saturated heterocycles. The molecule has 0 amide bonds. The molecule has 1 unspecified atom stereocenters. The lowest BCUT2D eigenvalue weighted by molar-refractivity contribution is 0.573. The van der Waals surface area contributed by atoms with Crippen molar-refractivity contribution in [2.75, 3.05) is 0 Å². The van der Waals surface area contributed by atoms with Gasteiger partial charge in [-0.2, -0.15) is 5.10 Å². The van der Waals surface area contributed by atoms with E-state index >= 15 is 0 Å². The van der Waals surface area contributed by atoms with Crippen molar-refractivity contribution in [3.63, 3.8) is 0 Å². The predicted molar refractivity (Wildman–Crippen MR) is 48.3 cm³/mol. The number of aromatic nitrogens is 3. The largest absolute Gasteiger partial charge is 0.343 e. The molecule has 3 N–H and O–H groups in total. The molecule has 1 aromatic heterocycles. The number of aromatic amines is 1. The van der Waals surface area contributed by atoms with Gasteiger partial charge in [0.25, 0.3) is 0 Å². The summed E-state index contributed by atoms with van der Waals surface area (Å²) in [5.74, 6) is 0.704. The fourth-order valence-corrected chi connectivity index (χ4v) is 1.45. The van der Waals surface area contributed by atoms with E-state index in [1.54, 1.807) is 4.57 Å². The van der Waals surface area contributed by atoms with Crippen LogP contribution in [0.25, 0.3) is 0 Å². The van der Waals surface area contributed by atoms with Crippen molar-refractivity contribution in [3.05, 3.63) is 16.3 Å². The van der Waals surface area contributed by atoms with Crippen molar-refractivity contribution in [2.45, 2.75) is 38.3 Å². The van der Waals surface area contributed by atoms with Crippen molar-refractivity contribution in [3.8, 4) is 0 Å². The summed E-state index contributed by atoms with van der Waals surface area (Å²) in [6, 6.07) is 0.221. The third kappa shape index (κ3) is 1.39. The van der Waals surface area contributed by atoms with E-state index in [-0.39, 0.29) is 11.7 Å². The minimum Gasteiger partial charge on any atom is -0.321 e. The second-order valence-electron chi connectivity index (χ2n) is 3.50. The smallest absolute Gasteiger partial charge is 0.321 e. The molecule has 72 valence electrons. The second-order valence-corrected chi connectivity index (χ2v) is 3.50. The van der Waals surface area contributed by atoms with Crippen LogP contribution in [-0.4, -0.2) is 14.8 Å². The van der Waals surface area contributed by atoms with E-state index in [1.165, 1.54) is 0 Å². The van der Waals surface area contributed by atoms with E-state index in [0.717, 1.165) is 19.3 Å². The first-order chi connectivity index (χ1) is 6.24. The fraction of sp³-hybridized carbons (Fsp3) is 0.750. The van der Waals surface area contributed by atoms with E-state index in [0.29, 0.717) is 11.9 Å². The van der Waals surface area contributed by atoms with E-state index in [1.807, 2.05) is 6.92 Å². The number of nitrogens with one attached hydrogen (secondary N) is 1. The number of nitrogens with zero attached hydrogens (tertiary/aromatic N) is 2. The topological polar surface area (TPSA) is 76.7 Å². The Morgan fingerprint density at radius 1 is 1.77 bits per heavy atom. The van der Waals surface area contributed by atoms with Crippen LogP contribution in [0, 0.1) is 0 Å². The molecule has 1 fully saturated rings. The number of nitrogens with two attached hydrogens (primary N) is 1. The Kier molecular flexibility index (Phi) is 1.95. The number of H-pyrrole nitrogens is 1. The Hall–Kier alpha value is -1.10. The molecule has 1 atom stereocenters. The Balaban J connectivity index is 2.39. The van der Waals surface area contributed by atoms with E-state index in [9.17, 15) is 4.79 Å². The third-order valence-electron chi connectivity index (χ3n) is 2.42. The van der Waals surface area contributed by atoms with Crippen LogP contribution < -0.4 is 11.4 Å². The van der Waals surface area contributed by atoms with Gasteiger partial charge in [-0.1, -0.05) is 6.92 Å². The fourth-order valence-electron chi connectivity index (χ4n) is 1.45. The molecule has 5 heteroatoms. The highest BCUT2D eigenvalue weighted by Gasteiger charge is 2.29. The quantitative estimate of drug-likeness (QED) is 0.706. The summed E-state index contributed by atoms with van der Waals surface area (Å²) in [7, 11) is 0. The monoisotopic (exact) mass is 182 g/mol. The highest BCUT2D eigenvalue weighted by molar-refractivity contribution is 4.99. The van der Waals surface area contributed by atoms with Gasteiger partial charge >= 0.3 is 5.69 Å². The van der Waals surface area contributed by atoms with E-state index in [4.69, 9.17) is 5.73 Å². The molecule has 1 aliphatic rings. The summed E-state index contributed by atoms with van der Waals surface area (Å²) in [6.07, 6.45) is 2.95. The molecular formula is C8H14N4O. The summed E-state index contributed by atoms with van der Waals surface area (Å²) in [5.41, 5.74) is 5.71. The minimum absolute atomic E-state index is 0.124. The third-order valence-corrected chi connectivity index (χ3v) is 2.42. The Labute approximate surface area is 75.9 Å². The molecule has 13 heavy (non-hydrogen) atoms. The van der Waals surface area contributed by atoms with Crippen molar-refractivity contribution in [1.82, 2.24) is 14.8 Å². The molecule has 0 bridgehead atoms. The zero-order chi connectivity index (χ0) is 9.42. The van der Waals surface area contributed by atoms with Crippen LogP contribution in [0.15, 0.2) is 4.79 Å². The molecule has 0 aromatic carbocycles. The maximum Gasteiger partial charge on any atom is 0.343 e. The van der Waals surface area contributed by atoms with Gasteiger partial charge < -0.3 is 5.73 Å². The minimum atomic E-state index is -0.125. The Morgan fingerprint density at radius 2 is 2.46 bits per heavy atom. The maximum absolute atomic E-state index is 11.3. The van der Waals surface area contributed by atoms with Crippen molar-refractivity contribution in [2.24, 2.45) is 5.73 Å². The summed E-state index contributed by atoms with van der Waals surface area (Å²) >= 11 is 0. The number of rotatable bonds is 3. The van der Waals surface area contributed by atoms with Crippen LogP contribution in [0.4, 0.5) is 0 Å². The lowest BCUT2D eigenvalue weighted by Crippen LogP contribution is -2.22. The second kappa shape index (κ2) is 2.99. The molecule has 1 aromatic rings. The van der Waals surface area contributed by atoms with Crippen LogP contribution >= 0.6 is 0 Å². The van der Waals surface area contributed by atoms with Crippen LogP contribution in [0.1, 0.15) is 44.1 Å². The van der Waals surface area contributed by atoms with Gasteiger partial charge in [0.05, 0.1) is 6.04 Å². The van der Waals surface area contributed by atoms with Gasteiger partial charge in [-0.15, -0.1) is 0 Å². The average molecular weight is 182 g/mol. The van der Waals surface area contributed by atoms with E-state index in [2.05, 4.69) is 10.2 Å². The summed E-state index contributed by atoms with van der Waals surface area (Å²) < 4.78 is 1.70. The standard InChI is InChI=1S/C8H14N4O/c1-2-6(9)7-10-11-8(13)12(7)5-3-4-5/h5-6H,2-4,9H2,1H3,(H,11,13). The van der Waals surface area contributed by atoms with E-state index < -0.39 is 0 Å². The first-order valence-corrected chi connectivity index (χ1v) is 4.66. The van der Waals surface area contributed by atoms with Crippen molar-refractivity contribution >= 4 is 0 Å². The maximum atomic E-state index is 11.3. The zero-order valence-electron chi connectivity index (χ0n) is 7.66. The first-order valence-electron chi connectivity index (χ1n) is 4.66. The number of hydrogen-bond donors (Lipinski definition) is 2. The van der Waals surface area contributed by atoms with Gasteiger partial charge in [0.1, 0.15) is 0 Å². The molecular weight excluding hydrogens is 168 g/mol. The SMILES string of the molecule is CCC(N)c1n[nH]c(=O)n1C1CC1. The number of hydrogen-bond acceptors (Lipinski definition) is 3. The van der Waals surface area contributed by atoms with Crippen LogP contribution in [0.3, 0.4) is 0 Å². The Morgan fingerprint density at radius 3 is 3.00 bits per heavy atom. The summed E-state index contributed by atoms with van der Waals surface area (Å²) in [4.78, 5) is 11.3. The van der Waals surface area contributed by atoms with Crippen LogP contribution in [-0.2, 0) is 0 Å². The lowest BCUT2D eigenvalue weighted by Gasteiger charge is -2.08. The summed E-state index contributed by atoms with van der Waals surface area (Å²) in [6.45, 7) is 1.99. The van der Waals surface area contributed by atoms with Crippen LogP contribution in [0.2, 0.25) is 0 Å². The first kappa shape index (κ1) is 8.50. The molecule has 0 radical (unpaired) electrons. The van der Waals surface area contributed by atoms with Gasteiger partial charge in [-0.25, -0.2) is 9.89 Å². The van der Waals surface area contributed by atoms with Gasteiger partial charge in [0, 0.05) is 6.04 Å². The van der Waals surface area contributed by atoms with Crippen molar-refractivity contribution < 1.29 is 0 Å². The molecule has 5 nitrogen and oxygen atoms in total. The van der Waals surface area contributed by atoms with Gasteiger partial charge in [0.2, 0.25) is 0 Å². The molecule has 1 saturated carbocycles. The molecule has 2 rings (SSSR count). The molecule has 0 aliphatic heterocycles. The average Bonchev–Trinajstić information content (AvgIpc) is 2.89. The normalized spacial score (nSPS) is 18.9. The van der Waals surface area contributed by atoms with Gasteiger partial charge in [0.15, 0.2) is 5.82 Å². The highest BCUT2D eigenvalue weighted by atomic mass is 16.1.